The highest BCUT2D eigenvalue weighted by Gasteiger charge is 2.19. The lowest BCUT2D eigenvalue weighted by Gasteiger charge is -1.99. The lowest BCUT2D eigenvalue weighted by atomic mass is 10.1. The van der Waals surface area contributed by atoms with Crippen LogP contribution in [0.15, 0.2) is 30.3 Å². The predicted molar refractivity (Wildman–Crippen MR) is 87.7 cm³/mol. The molecule has 0 amide bonds. The van der Waals surface area contributed by atoms with Gasteiger partial charge in [0.05, 0.1) is 0 Å². The lowest BCUT2D eigenvalue weighted by molar-refractivity contribution is 0.642. The first-order chi connectivity index (χ1) is 10.4. The third-order valence-electron chi connectivity index (χ3n) is 3.79. The second-order valence-electron chi connectivity index (χ2n) is 5.76. The highest BCUT2D eigenvalue weighted by atomic mass is 32.1. The lowest BCUT2D eigenvalue weighted by Crippen LogP contribution is -2.17. The fraction of sp³-hybridized carbons (Fsp3) is 0.529. The molecule has 21 heavy (non-hydrogen) atoms. The number of nitrogens with zero attached hydrogens (tertiary/aromatic N) is 2. The zero-order valence-corrected chi connectivity index (χ0v) is 13.2. The van der Waals surface area contributed by atoms with Gasteiger partial charge < -0.3 is 5.32 Å². The Kier molecular flexibility index (Phi) is 5.35. The normalized spacial score (nSPS) is 14.5. The molecular formula is C17H23N3S. The molecule has 0 aliphatic heterocycles. The summed E-state index contributed by atoms with van der Waals surface area (Å²) in [5, 5.41) is 14.6. The van der Waals surface area contributed by atoms with Gasteiger partial charge >= 0.3 is 0 Å². The molecule has 1 aliphatic rings. The van der Waals surface area contributed by atoms with E-state index in [0.29, 0.717) is 0 Å². The molecular weight excluding hydrogens is 278 g/mol. The van der Waals surface area contributed by atoms with Crippen LogP contribution in [0, 0.1) is 0 Å². The van der Waals surface area contributed by atoms with Gasteiger partial charge in [-0.2, -0.15) is 0 Å². The monoisotopic (exact) mass is 301 g/mol. The number of aryl methyl sites for hydroxylation is 3. The van der Waals surface area contributed by atoms with E-state index in [1.165, 1.54) is 34.8 Å². The van der Waals surface area contributed by atoms with Gasteiger partial charge in [0.1, 0.15) is 10.0 Å². The molecule has 2 aromatic rings. The molecule has 1 aromatic carbocycles. The zero-order chi connectivity index (χ0) is 14.3. The van der Waals surface area contributed by atoms with Gasteiger partial charge in [0.2, 0.25) is 0 Å². The van der Waals surface area contributed by atoms with Crippen molar-refractivity contribution in [3.05, 3.63) is 45.9 Å². The summed E-state index contributed by atoms with van der Waals surface area (Å²) in [6.07, 6.45) is 8.30. The van der Waals surface area contributed by atoms with Gasteiger partial charge in [-0.25, -0.2) is 0 Å². The van der Waals surface area contributed by atoms with Gasteiger partial charge in [-0.05, 0) is 44.2 Å². The van der Waals surface area contributed by atoms with Crippen molar-refractivity contribution in [3.8, 4) is 0 Å². The van der Waals surface area contributed by atoms with Crippen LogP contribution < -0.4 is 5.32 Å². The zero-order valence-electron chi connectivity index (χ0n) is 12.4. The van der Waals surface area contributed by atoms with Crippen molar-refractivity contribution in [2.45, 2.75) is 51.0 Å². The molecule has 1 saturated carbocycles. The second-order valence-corrected chi connectivity index (χ2v) is 6.91. The number of aromatic nitrogens is 2. The Bertz CT molecular complexity index is 534. The van der Waals surface area contributed by atoms with Gasteiger partial charge in [-0.3, -0.25) is 0 Å². The fourth-order valence-electron chi connectivity index (χ4n) is 2.41. The Balaban J connectivity index is 1.34. The minimum Gasteiger partial charge on any atom is -0.314 e. The minimum atomic E-state index is 0.813. The van der Waals surface area contributed by atoms with Crippen LogP contribution in [-0.2, 0) is 19.3 Å². The summed E-state index contributed by atoms with van der Waals surface area (Å²) in [5.74, 6) is 0. The molecule has 0 atom stereocenters. The Morgan fingerprint density at radius 2 is 1.67 bits per heavy atom. The van der Waals surface area contributed by atoms with Crippen molar-refractivity contribution >= 4 is 11.3 Å². The molecule has 3 nitrogen and oxygen atoms in total. The Morgan fingerprint density at radius 3 is 2.38 bits per heavy atom. The topological polar surface area (TPSA) is 37.8 Å². The van der Waals surface area contributed by atoms with Gasteiger partial charge in [-0.15, -0.1) is 21.5 Å². The summed E-state index contributed by atoms with van der Waals surface area (Å²) < 4.78 is 0. The van der Waals surface area contributed by atoms with E-state index in [4.69, 9.17) is 0 Å². The van der Waals surface area contributed by atoms with Gasteiger partial charge in [-0.1, -0.05) is 30.3 Å². The first-order valence-corrected chi connectivity index (χ1v) is 8.80. The average molecular weight is 301 g/mol. The van der Waals surface area contributed by atoms with Crippen LogP contribution in [-0.4, -0.2) is 22.8 Å². The van der Waals surface area contributed by atoms with Crippen molar-refractivity contribution < 1.29 is 0 Å². The quantitative estimate of drug-likeness (QED) is 0.721. The van der Waals surface area contributed by atoms with Crippen molar-refractivity contribution in [1.29, 1.82) is 0 Å². The molecule has 112 valence electrons. The Hall–Kier alpha value is -1.26. The maximum absolute atomic E-state index is 4.32. The summed E-state index contributed by atoms with van der Waals surface area (Å²) in [6.45, 7) is 1.12. The number of benzene rings is 1. The number of hydrogen-bond donors (Lipinski definition) is 1. The van der Waals surface area contributed by atoms with Crippen LogP contribution >= 0.6 is 11.3 Å². The average Bonchev–Trinajstić information content (AvgIpc) is 3.24. The standard InChI is InChI=1S/C17H23N3S/c1-2-6-14(7-3-1)8-4-9-16-19-20-17(21-16)10-5-13-18-15-11-12-15/h1-3,6-7,15,18H,4-5,8-13H2. The third-order valence-corrected chi connectivity index (χ3v) is 4.83. The molecule has 0 saturated heterocycles. The van der Waals surface area contributed by atoms with E-state index >= 15 is 0 Å². The maximum Gasteiger partial charge on any atom is 0.117 e. The van der Waals surface area contributed by atoms with E-state index in [0.717, 1.165) is 38.3 Å². The summed E-state index contributed by atoms with van der Waals surface area (Å²) in [4.78, 5) is 0. The molecule has 0 bridgehead atoms. The van der Waals surface area contributed by atoms with E-state index in [1.807, 2.05) is 0 Å². The van der Waals surface area contributed by atoms with E-state index in [1.54, 1.807) is 11.3 Å². The van der Waals surface area contributed by atoms with E-state index in [-0.39, 0.29) is 0 Å². The van der Waals surface area contributed by atoms with Crippen molar-refractivity contribution in [3.63, 3.8) is 0 Å². The van der Waals surface area contributed by atoms with E-state index < -0.39 is 0 Å². The first kappa shape index (κ1) is 14.7. The smallest absolute Gasteiger partial charge is 0.117 e. The van der Waals surface area contributed by atoms with Crippen LogP contribution in [0.5, 0.6) is 0 Å². The van der Waals surface area contributed by atoms with Crippen LogP contribution in [0.3, 0.4) is 0 Å². The molecule has 1 heterocycles. The number of nitrogens with one attached hydrogen (secondary N) is 1. The van der Waals surface area contributed by atoms with Crippen molar-refractivity contribution in [2.24, 2.45) is 0 Å². The molecule has 3 rings (SSSR count). The molecule has 1 aromatic heterocycles. The minimum absolute atomic E-state index is 0.813. The fourth-order valence-corrected chi connectivity index (χ4v) is 3.34. The highest BCUT2D eigenvalue weighted by Crippen LogP contribution is 2.19. The summed E-state index contributed by atoms with van der Waals surface area (Å²) in [6, 6.07) is 11.5. The first-order valence-electron chi connectivity index (χ1n) is 7.99. The van der Waals surface area contributed by atoms with Gasteiger partial charge in [0.25, 0.3) is 0 Å². The summed E-state index contributed by atoms with van der Waals surface area (Å²) in [5.41, 5.74) is 1.41. The van der Waals surface area contributed by atoms with Crippen LogP contribution in [0.2, 0.25) is 0 Å². The molecule has 0 radical (unpaired) electrons. The Morgan fingerprint density at radius 1 is 0.952 bits per heavy atom. The molecule has 1 aliphatic carbocycles. The van der Waals surface area contributed by atoms with Gasteiger partial charge in [0, 0.05) is 18.9 Å². The maximum atomic E-state index is 4.32. The van der Waals surface area contributed by atoms with Crippen LogP contribution in [0.4, 0.5) is 0 Å². The van der Waals surface area contributed by atoms with E-state index in [9.17, 15) is 0 Å². The summed E-state index contributed by atoms with van der Waals surface area (Å²) >= 11 is 1.79. The molecule has 4 heteroatoms. The van der Waals surface area contributed by atoms with Crippen LogP contribution in [0.1, 0.15) is 41.3 Å². The van der Waals surface area contributed by atoms with Gasteiger partial charge in [0.15, 0.2) is 0 Å². The van der Waals surface area contributed by atoms with E-state index in [2.05, 4.69) is 45.8 Å². The van der Waals surface area contributed by atoms with Crippen molar-refractivity contribution in [2.75, 3.05) is 6.54 Å². The second kappa shape index (κ2) is 7.66. The largest absolute Gasteiger partial charge is 0.314 e. The number of rotatable bonds is 9. The number of hydrogen-bond acceptors (Lipinski definition) is 4. The van der Waals surface area contributed by atoms with Crippen LogP contribution in [0.25, 0.3) is 0 Å². The molecule has 1 fully saturated rings. The molecule has 1 N–H and O–H groups in total. The SMILES string of the molecule is c1ccc(CCCc2nnc(CCCNC3CC3)s2)cc1. The predicted octanol–water partition coefficient (Wildman–Crippen LogP) is 3.40. The molecule has 0 unspecified atom stereocenters. The third kappa shape index (κ3) is 5.21. The summed E-state index contributed by atoms with van der Waals surface area (Å²) in [7, 11) is 0. The highest BCUT2D eigenvalue weighted by molar-refractivity contribution is 7.11. The molecule has 0 spiro atoms. The Labute approximate surface area is 130 Å². The van der Waals surface area contributed by atoms with Crippen molar-refractivity contribution in [1.82, 2.24) is 15.5 Å².